The van der Waals surface area contributed by atoms with Gasteiger partial charge in [0.15, 0.2) is 0 Å². The Balaban J connectivity index is 4.64. The molecule has 0 radical (unpaired) electrons. The summed E-state index contributed by atoms with van der Waals surface area (Å²) in [5.41, 5.74) is -1.93. The number of rotatable bonds is 43. The Morgan fingerprint density at radius 1 is 0.485 bits per heavy atom. The quantitative estimate of drug-likeness (QED) is 0.0278. The van der Waals surface area contributed by atoms with E-state index in [0.717, 1.165) is 70.6 Å². The maximum absolute atomic E-state index is 12.7. The molecule has 386 valence electrons. The molecule has 0 fully saturated rings. The molecule has 0 aliphatic rings. The fourth-order valence-electron chi connectivity index (χ4n) is 6.65. The van der Waals surface area contributed by atoms with Gasteiger partial charge in [0.1, 0.15) is 35.7 Å². The fourth-order valence-corrected chi connectivity index (χ4v) is 6.65. The summed E-state index contributed by atoms with van der Waals surface area (Å²) in [7, 11) is 0. The number of Topliss-reactive ketones (excluding diaryl/α,β-unsaturated/α-hetero) is 1. The minimum absolute atomic E-state index is 0.102. The Labute approximate surface area is 395 Å². The molecule has 0 saturated carbocycles. The maximum atomic E-state index is 12.7. The van der Waals surface area contributed by atoms with Gasteiger partial charge in [-0.3, -0.25) is 43.2 Å². The lowest BCUT2D eigenvalue weighted by Gasteiger charge is -2.31. The Morgan fingerprint density at radius 2 is 0.912 bits per heavy atom. The minimum atomic E-state index is -1.93. The van der Waals surface area contributed by atoms with Crippen LogP contribution in [0.3, 0.4) is 0 Å². The number of hydrogen-bond acceptors (Lipinski definition) is 14. The van der Waals surface area contributed by atoms with Gasteiger partial charge in [0.05, 0.1) is 26.2 Å². The average Bonchev–Trinajstić information content (AvgIpc) is 3.28. The zero-order valence-electron chi connectivity index (χ0n) is 39.0. The second-order valence-corrected chi connectivity index (χ2v) is 16.6. The van der Waals surface area contributed by atoms with Gasteiger partial charge < -0.3 is 67.5 Å². The standard InChI is InChI=1S/C44H73N7O17/c1-30(54)24-47-41(64)33(27-52)48-28-44(29-53,23-22-40(62)63)51-38(59)26-46-37(58)25-45-34(55)20-18-31(42(65)66)50-36(57)21-19-32(43(67)68)49-35(56)16-14-12-10-8-6-4-2-3-5-7-9-11-13-15-17-39(60)61/h29,31-33,48,52H,2-28H2,1H3,(H,45,55)(H,46,58)(H,47,64)(H,49,56)(H,50,57)(H,51,59)(H,60,61)(H,62,63)(H,65,66)(H,67,68)/t31-,32-,33-,44+/m0/s1. The third-order valence-corrected chi connectivity index (χ3v) is 10.6. The van der Waals surface area contributed by atoms with E-state index < -0.39 is 141 Å². The highest BCUT2D eigenvalue weighted by atomic mass is 16.4. The van der Waals surface area contributed by atoms with Gasteiger partial charge >= 0.3 is 23.9 Å². The number of aliphatic hydroxyl groups excluding tert-OH is 1. The lowest BCUT2D eigenvalue weighted by molar-refractivity contribution is -0.143. The summed E-state index contributed by atoms with van der Waals surface area (Å²) in [6.45, 7) is -1.91. The van der Waals surface area contributed by atoms with E-state index in [9.17, 15) is 72.9 Å². The number of carbonyl (C=O) groups is 12. The zero-order chi connectivity index (χ0) is 51.3. The molecule has 4 atom stereocenters. The Hall–Kier alpha value is -6.04. The van der Waals surface area contributed by atoms with E-state index in [-0.39, 0.29) is 37.9 Å². The molecule has 0 aliphatic carbocycles. The molecule has 12 N–H and O–H groups in total. The number of aldehydes is 1. The summed E-state index contributed by atoms with van der Waals surface area (Å²) >= 11 is 0. The number of amides is 6. The van der Waals surface area contributed by atoms with Crippen molar-refractivity contribution in [3.8, 4) is 0 Å². The van der Waals surface area contributed by atoms with Crippen LogP contribution in [0.4, 0.5) is 0 Å². The molecule has 0 heterocycles. The van der Waals surface area contributed by atoms with Gasteiger partial charge in [0.25, 0.3) is 0 Å². The second kappa shape index (κ2) is 37.0. The van der Waals surface area contributed by atoms with Crippen LogP contribution in [-0.4, -0.2) is 153 Å². The Kier molecular flexibility index (Phi) is 33.7. The molecule has 24 heteroatoms. The second-order valence-electron chi connectivity index (χ2n) is 16.6. The number of unbranched alkanes of at least 4 members (excludes halogenated alkanes) is 13. The smallest absolute Gasteiger partial charge is 0.326 e. The number of ketones is 1. The van der Waals surface area contributed by atoms with Gasteiger partial charge in [0.2, 0.25) is 35.4 Å². The van der Waals surface area contributed by atoms with Crippen molar-refractivity contribution in [1.29, 1.82) is 0 Å². The highest BCUT2D eigenvalue weighted by Crippen LogP contribution is 2.15. The SMILES string of the molecule is CC(=O)CNC(=O)[C@H](CO)NC[C@@](C=O)(CCC(=O)O)NC(=O)CNC(=O)CNC(=O)CC[C@H](NC(=O)CC[C@H](NC(=O)CCCCCCCCCCCCCCCCC(=O)O)C(=O)O)C(=O)O. The predicted molar refractivity (Wildman–Crippen MR) is 242 cm³/mol. The zero-order valence-corrected chi connectivity index (χ0v) is 39.0. The number of carboxylic acid groups (broad SMARTS) is 4. The number of aliphatic hydroxyl groups is 1. The van der Waals surface area contributed by atoms with Crippen LogP contribution in [0.15, 0.2) is 0 Å². The number of carboxylic acids is 4. The number of carbonyl (C=O) groups excluding carboxylic acids is 8. The molecule has 0 spiro atoms. The third kappa shape index (κ3) is 32.6. The van der Waals surface area contributed by atoms with Crippen molar-refractivity contribution < 1.29 is 83.1 Å². The highest BCUT2D eigenvalue weighted by molar-refractivity contribution is 5.91. The highest BCUT2D eigenvalue weighted by Gasteiger charge is 2.34. The molecular weight excluding hydrogens is 899 g/mol. The van der Waals surface area contributed by atoms with Gasteiger partial charge in [-0.1, -0.05) is 77.0 Å². The molecular formula is C44H73N7O17. The molecule has 0 aromatic rings. The number of hydrogen-bond donors (Lipinski definition) is 12. The minimum Gasteiger partial charge on any atom is -0.481 e. The van der Waals surface area contributed by atoms with Crippen LogP contribution in [-0.2, 0) is 57.5 Å². The van der Waals surface area contributed by atoms with Crippen molar-refractivity contribution in [2.45, 2.75) is 172 Å². The normalized spacial score (nSPS) is 13.0. The van der Waals surface area contributed by atoms with Gasteiger partial charge in [-0.05, 0) is 39.0 Å². The van der Waals surface area contributed by atoms with Gasteiger partial charge in [-0.15, -0.1) is 0 Å². The number of nitrogens with one attached hydrogen (secondary N) is 7. The Morgan fingerprint density at radius 3 is 1.35 bits per heavy atom. The third-order valence-electron chi connectivity index (χ3n) is 10.6. The van der Waals surface area contributed by atoms with E-state index in [1.54, 1.807) is 0 Å². The fraction of sp³-hybridized carbons (Fsp3) is 0.727. The molecule has 24 nitrogen and oxygen atoms in total. The van der Waals surface area contributed by atoms with E-state index in [0.29, 0.717) is 6.42 Å². The largest absolute Gasteiger partial charge is 0.481 e. The van der Waals surface area contributed by atoms with E-state index >= 15 is 0 Å². The van der Waals surface area contributed by atoms with E-state index in [1.807, 2.05) is 0 Å². The monoisotopic (exact) mass is 972 g/mol. The summed E-state index contributed by atoms with van der Waals surface area (Å²) in [6, 6.07) is -4.32. The molecule has 0 aromatic heterocycles. The molecule has 6 amide bonds. The van der Waals surface area contributed by atoms with Crippen LogP contribution in [0, 0.1) is 0 Å². The molecule has 68 heavy (non-hydrogen) atoms. The number of aliphatic carboxylic acids is 4. The van der Waals surface area contributed by atoms with Crippen LogP contribution < -0.4 is 37.2 Å². The van der Waals surface area contributed by atoms with Crippen molar-refractivity contribution in [2.24, 2.45) is 0 Å². The van der Waals surface area contributed by atoms with Gasteiger partial charge in [0, 0.05) is 38.6 Å². The average molecular weight is 972 g/mol. The summed E-state index contributed by atoms with van der Waals surface area (Å²) < 4.78 is 0. The van der Waals surface area contributed by atoms with Gasteiger partial charge in [-0.25, -0.2) is 9.59 Å². The molecule has 0 aromatic carbocycles. The first-order valence-electron chi connectivity index (χ1n) is 23.1. The molecule has 0 rings (SSSR count). The topological polar surface area (TPSA) is 390 Å². The van der Waals surface area contributed by atoms with Crippen molar-refractivity contribution in [2.75, 3.05) is 32.8 Å². The van der Waals surface area contributed by atoms with Crippen LogP contribution in [0.25, 0.3) is 0 Å². The first-order valence-corrected chi connectivity index (χ1v) is 23.1. The molecule has 0 bridgehead atoms. The summed E-state index contributed by atoms with van der Waals surface area (Å²) in [4.78, 5) is 143. The molecule has 0 saturated heterocycles. The lowest BCUT2D eigenvalue weighted by atomic mass is 9.94. The maximum Gasteiger partial charge on any atom is 0.326 e. The lowest BCUT2D eigenvalue weighted by Crippen LogP contribution is -2.61. The van der Waals surface area contributed by atoms with Crippen LogP contribution in [0.2, 0.25) is 0 Å². The van der Waals surface area contributed by atoms with Crippen LogP contribution in [0.1, 0.15) is 148 Å². The Bertz CT molecular complexity index is 1660. The van der Waals surface area contributed by atoms with Crippen molar-refractivity contribution in [3.63, 3.8) is 0 Å². The summed E-state index contributed by atoms with van der Waals surface area (Å²) in [5, 5.41) is 62.7. The van der Waals surface area contributed by atoms with Gasteiger partial charge in [-0.2, -0.15) is 0 Å². The molecule has 0 aliphatic heterocycles. The van der Waals surface area contributed by atoms with Crippen molar-refractivity contribution in [3.05, 3.63) is 0 Å². The van der Waals surface area contributed by atoms with Crippen molar-refractivity contribution in [1.82, 2.24) is 37.2 Å². The first kappa shape index (κ1) is 62.0. The van der Waals surface area contributed by atoms with Crippen molar-refractivity contribution >= 4 is 71.4 Å². The van der Waals surface area contributed by atoms with E-state index in [4.69, 9.17) is 10.2 Å². The molecule has 0 unspecified atom stereocenters. The van der Waals surface area contributed by atoms with Crippen LogP contribution >= 0.6 is 0 Å². The predicted octanol–water partition coefficient (Wildman–Crippen LogP) is -0.181. The van der Waals surface area contributed by atoms with Crippen LogP contribution in [0.5, 0.6) is 0 Å². The first-order chi connectivity index (χ1) is 32.2. The van der Waals surface area contributed by atoms with E-state index in [2.05, 4.69) is 37.2 Å². The summed E-state index contributed by atoms with van der Waals surface area (Å²) in [6.07, 6.45) is 11.9. The summed E-state index contributed by atoms with van der Waals surface area (Å²) in [5.74, 6) is -10.2. The van der Waals surface area contributed by atoms with E-state index in [1.165, 1.54) is 19.8 Å².